The number of carbonyl (C=O) groups is 2. The van der Waals surface area contributed by atoms with Crippen LogP contribution in [-0.4, -0.2) is 34.9 Å². The number of rotatable bonds is 5. The fourth-order valence-corrected chi connectivity index (χ4v) is 1.74. The minimum Gasteiger partial charge on any atom is -0.479 e. The zero-order valence-electron chi connectivity index (χ0n) is 10.6. The Hall–Kier alpha value is -1.67. The van der Waals surface area contributed by atoms with Crippen molar-refractivity contribution in [2.24, 2.45) is 0 Å². The Morgan fingerprint density at radius 3 is 2.70 bits per heavy atom. The van der Waals surface area contributed by atoms with Crippen LogP contribution in [0.1, 0.15) is 12.0 Å². The first kappa shape index (κ1) is 16.4. The number of aryl methyl sites for hydroxylation is 1. The van der Waals surface area contributed by atoms with Crippen molar-refractivity contribution in [2.45, 2.75) is 19.4 Å². The Morgan fingerprint density at radius 1 is 1.45 bits per heavy atom. The summed E-state index contributed by atoms with van der Waals surface area (Å²) in [6.07, 6.45) is -1.62. The Morgan fingerprint density at radius 2 is 2.10 bits per heavy atom. The van der Waals surface area contributed by atoms with E-state index >= 15 is 0 Å². The van der Waals surface area contributed by atoms with Crippen LogP contribution >= 0.6 is 15.9 Å². The number of carbonyl (C=O) groups excluding carboxylic acids is 1. The van der Waals surface area contributed by atoms with Gasteiger partial charge in [0.05, 0.1) is 4.47 Å². The topological polar surface area (TPSA) is 98.7 Å². The number of benzene rings is 1. The largest absolute Gasteiger partial charge is 0.479 e. The van der Waals surface area contributed by atoms with Crippen LogP contribution in [0.25, 0.3) is 0 Å². The van der Waals surface area contributed by atoms with Crippen molar-refractivity contribution >= 4 is 33.6 Å². The lowest BCUT2D eigenvalue weighted by atomic mass is 10.2. The second-order valence-corrected chi connectivity index (χ2v) is 4.96. The molecule has 4 N–H and O–H groups in total. The van der Waals surface area contributed by atoms with Crippen molar-refractivity contribution in [2.75, 3.05) is 11.9 Å². The summed E-state index contributed by atoms with van der Waals surface area (Å²) in [6.45, 7) is 1.64. The molecule has 0 spiro atoms. The van der Waals surface area contributed by atoms with Gasteiger partial charge in [0.1, 0.15) is 5.82 Å². The van der Waals surface area contributed by atoms with Gasteiger partial charge < -0.3 is 20.8 Å². The van der Waals surface area contributed by atoms with Crippen molar-refractivity contribution in [1.82, 2.24) is 5.32 Å². The Labute approximate surface area is 123 Å². The van der Waals surface area contributed by atoms with Crippen molar-refractivity contribution in [3.8, 4) is 0 Å². The fraction of sp³-hybridized carbons (Fsp3) is 0.333. The van der Waals surface area contributed by atoms with Gasteiger partial charge in [-0.05, 0) is 40.5 Å². The Bertz CT molecular complexity index is 524. The molecule has 6 nitrogen and oxygen atoms in total. The minimum absolute atomic E-state index is 0.000706. The summed E-state index contributed by atoms with van der Waals surface area (Å²) >= 11 is 3.01. The summed E-state index contributed by atoms with van der Waals surface area (Å²) in [5.41, 5.74) is 0.973. The van der Waals surface area contributed by atoms with E-state index in [-0.39, 0.29) is 17.4 Å². The van der Waals surface area contributed by atoms with E-state index in [0.29, 0.717) is 11.3 Å². The quantitative estimate of drug-likeness (QED) is 0.652. The molecule has 0 aliphatic rings. The van der Waals surface area contributed by atoms with Crippen LogP contribution in [0.3, 0.4) is 0 Å². The second kappa shape index (κ2) is 7.20. The van der Waals surface area contributed by atoms with E-state index in [2.05, 4.69) is 26.6 Å². The third-order valence-corrected chi connectivity index (χ3v) is 3.11. The molecular formula is C12H14BrFN2O4. The number of carboxylic acid groups (broad SMARTS) is 1. The molecule has 2 amide bonds. The fourth-order valence-electron chi connectivity index (χ4n) is 1.39. The smallest absolute Gasteiger partial charge is 0.332 e. The number of hydrogen-bond acceptors (Lipinski definition) is 3. The van der Waals surface area contributed by atoms with Crippen LogP contribution in [0.5, 0.6) is 0 Å². The average molecular weight is 349 g/mol. The van der Waals surface area contributed by atoms with E-state index < -0.39 is 23.9 Å². The molecule has 0 fully saturated rings. The molecule has 20 heavy (non-hydrogen) atoms. The number of amides is 2. The lowest BCUT2D eigenvalue weighted by Gasteiger charge is -2.11. The minimum atomic E-state index is -1.52. The molecule has 1 aromatic rings. The van der Waals surface area contributed by atoms with E-state index in [0.717, 1.165) is 0 Å². The summed E-state index contributed by atoms with van der Waals surface area (Å²) in [5, 5.41) is 22.4. The predicted octanol–water partition coefficient (Wildman–Crippen LogP) is 1.85. The van der Waals surface area contributed by atoms with Crippen LogP contribution in [0.2, 0.25) is 0 Å². The van der Waals surface area contributed by atoms with Gasteiger partial charge in [-0.2, -0.15) is 0 Å². The number of aliphatic hydroxyl groups is 1. The van der Waals surface area contributed by atoms with Gasteiger partial charge in [-0.25, -0.2) is 14.0 Å². The molecule has 110 valence electrons. The number of aliphatic carboxylic acids is 1. The average Bonchev–Trinajstić information content (AvgIpc) is 2.35. The zero-order chi connectivity index (χ0) is 15.3. The van der Waals surface area contributed by atoms with Crippen molar-refractivity contribution in [3.63, 3.8) is 0 Å². The first-order valence-corrected chi connectivity index (χ1v) is 6.52. The van der Waals surface area contributed by atoms with Gasteiger partial charge in [0.15, 0.2) is 6.10 Å². The maximum Gasteiger partial charge on any atom is 0.332 e. The van der Waals surface area contributed by atoms with Gasteiger partial charge in [-0.1, -0.05) is 0 Å². The van der Waals surface area contributed by atoms with Crippen molar-refractivity contribution < 1.29 is 24.2 Å². The lowest BCUT2D eigenvalue weighted by Crippen LogP contribution is -2.33. The molecule has 1 unspecified atom stereocenters. The molecular weight excluding hydrogens is 335 g/mol. The molecule has 8 heteroatoms. The van der Waals surface area contributed by atoms with Crippen molar-refractivity contribution in [1.29, 1.82) is 0 Å². The highest BCUT2D eigenvalue weighted by atomic mass is 79.9. The molecule has 1 aromatic carbocycles. The summed E-state index contributed by atoms with van der Waals surface area (Å²) in [6, 6.07) is 2.13. The standard InChI is InChI=1S/C12H14BrFN2O4/c1-6-4-8(14)7(13)5-9(6)16-12(20)15-3-2-10(17)11(18)19/h4-5,10,17H,2-3H2,1H3,(H,18,19)(H2,15,16,20). The number of nitrogens with one attached hydrogen (secondary N) is 2. The maximum atomic E-state index is 13.2. The summed E-state index contributed by atoms with van der Waals surface area (Å²) in [4.78, 5) is 21.9. The SMILES string of the molecule is Cc1cc(F)c(Br)cc1NC(=O)NCCC(O)C(=O)O. The van der Waals surface area contributed by atoms with Gasteiger partial charge in [0, 0.05) is 18.7 Å². The number of halogens is 2. The molecule has 0 saturated heterocycles. The molecule has 0 bridgehead atoms. The Balaban J connectivity index is 2.51. The normalized spacial score (nSPS) is 11.8. The zero-order valence-corrected chi connectivity index (χ0v) is 12.2. The predicted molar refractivity (Wildman–Crippen MR) is 74.1 cm³/mol. The monoisotopic (exact) mass is 348 g/mol. The first-order chi connectivity index (χ1) is 9.31. The molecule has 0 saturated carbocycles. The number of anilines is 1. The molecule has 0 aliphatic heterocycles. The summed E-state index contributed by atoms with van der Waals surface area (Å²) in [5.74, 6) is -1.77. The summed E-state index contributed by atoms with van der Waals surface area (Å²) < 4.78 is 13.4. The molecule has 0 radical (unpaired) electrons. The molecule has 0 heterocycles. The van der Waals surface area contributed by atoms with Crippen LogP contribution < -0.4 is 10.6 Å². The second-order valence-electron chi connectivity index (χ2n) is 4.10. The van der Waals surface area contributed by atoms with Gasteiger partial charge in [0.25, 0.3) is 0 Å². The lowest BCUT2D eigenvalue weighted by molar-refractivity contribution is -0.146. The van der Waals surface area contributed by atoms with E-state index in [1.54, 1.807) is 6.92 Å². The highest BCUT2D eigenvalue weighted by Crippen LogP contribution is 2.24. The van der Waals surface area contributed by atoms with Gasteiger partial charge in [-0.15, -0.1) is 0 Å². The van der Waals surface area contributed by atoms with Crippen LogP contribution in [0.15, 0.2) is 16.6 Å². The summed E-state index contributed by atoms with van der Waals surface area (Å²) in [7, 11) is 0. The molecule has 0 aliphatic carbocycles. The van der Waals surface area contributed by atoms with E-state index in [4.69, 9.17) is 10.2 Å². The van der Waals surface area contributed by atoms with Gasteiger partial charge >= 0.3 is 12.0 Å². The van der Waals surface area contributed by atoms with E-state index in [1.165, 1.54) is 12.1 Å². The van der Waals surface area contributed by atoms with Crippen LogP contribution in [-0.2, 0) is 4.79 Å². The van der Waals surface area contributed by atoms with E-state index in [9.17, 15) is 14.0 Å². The van der Waals surface area contributed by atoms with Gasteiger partial charge in [-0.3, -0.25) is 0 Å². The van der Waals surface area contributed by atoms with Crippen molar-refractivity contribution in [3.05, 3.63) is 28.0 Å². The first-order valence-electron chi connectivity index (χ1n) is 5.72. The highest BCUT2D eigenvalue weighted by molar-refractivity contribution is 9.10. The third kappa shape index (κ3) is 4.78. The van der Waals surface area contributed by atoms with Crippen LogP contribution in [0, 0.1) is 12.7 Å². The van der Waals surface area contributed by atoms with E-state index in [1.807, 2.05) is 0 Å². The number of hydrogen-bond donors (Lipinski definition) is 4. The maximum absolute atomic E-state index is 13.2. The number of aliphatic hydroxyl groups excluding tert-OH is 1. The van der Waals surface area contributed by atoms with Crippen LogP contribution in [0.4, 0.5) is 14.9 Å². The molecule has 0 aromatic heterocycles. The Kier molecular flexibility index (Phi) is 5.90. The molecule has 1 atom stereocenters. The number of carboxylic acids is 1. The van der Waals surface area contributed by atoms with Gasteiger partial charge in [0.2, 0.25) is 0 Å². The highest BCUT2D eigenvalue weighted by Gasteiger charge is 2.13. The number of urea groups is 1. The molecule has 1 rings (SSSR count). The third-order valence-electron chi connectivity index (χ3n) is 2.50.